The Bertz CT molecular complexity index is 980. The summed E-state index contributed by atoms with van der Waals surface area (Å²) in [5, 5.41) is 12.6. The van der Waals surface area contributed by atoms with Gasteiger partial charge < -0.3 is 0 Å². The quantitative estimate of drug-likeness (QED) is 0.510. The van der Waals surface area contributed by atoms with Crippen molar-refractivity contribution in [3.8, 4) is 5.69 Å². The number of ketones is 1. The second-order valence-corrected chi connectivity index (χ2v) is 7.58. The van der Waals surface area contributed by atoms with Crippen molar-refractivity contribution >= 4 is 17.5 Å². The fourth-order valence-electron chi connectivity index (χ4n) is 3.34. The van der Waals surface area contributed by atoms with E-state index in [4.69, 9.17) is 0 Å². The van der Waals surface area contributed by atoms with E-state index in [1.54, 1.807) is 4.68 Å². The third-order valence-electron chi connectivity index (χ3n) is 5.00. The Morgan fingerprint density at radius 1 is 1.15 bits per heavy atom. The van der Waals surface area contributed by atoms with Crippen LogP contribution in [0, 0.1) is 13.8 Å². The number of rotatable bonds is 5. The highest BCUT2D eigenvalue weighted by molar-refractivity contribution is 7.99. The largest absolute Gasteiger partial charge is 0.293 e. The van der Waals surface area contributed by atoms with Crippen molar-refractivity contribution in [3.05, 3.63) is 64.2 Å². The summed E-state index contributed by atoms with van der Waals surface area (Å²) in [5.74, 6) is 0.435. The smallest absolute Gasteiger partial charge is 0.214 e. The summed E-state index contributed by atoms with van der Waals surface area (Å²) >= 11 is 1.38. The van der Waals surface area contributed by atoms with Crippen LogP contribution in [0.4, 0.5) is 0 Å². The highest BCUT2D eigenvalue weighted by atomic mass is 32.2. The van der Waals surface area contributed by atoms with Crippen molar-refractivity contribution in [2.45, 2.75) is 38.3 Å². The van der Waals surface area contributed by atoms with E-state index in [1.165, 1.54) is 34.9 Å². The van der Waals surface area contributed by atoms with Gasteiger partial charge in [-0.05, 0) is 77.9 Å². The summed E-state index contributed by atoms with van der Waals surface area (Å²) in [6.45, 7) is 4.11. The molecule has 1 heterocycles. The molecule has 0 amide bonds. The number of fused-ring (bicyclic) bond motifs is 1. The number of carbonyl (C=O) groups is 1. The average molecular weight is 364 g/mol. The number of thioether (sulfide) groups is 1. The lowest BCUT2D eigenvalue weighted by molar-refractivity contribution is 0.102. The van der Waals surface area contributed by atoms with Gasteiger partial charge in [-0.25, -0.2) is 0 Å². The summed E-state index contributed by atoms with van der Waals surface area (Å²) < 4.78 is 1.71. The molecule has 26 heavy (non-hydrogen) atoms. The molecule has 0 saturated heterocycles. The number of hydrogen-bond acceptors (Lipinski definition) is 5. The van der Waals surface area contributed by atoms with Crippen LogP contribution in [-0.4, -0.2) is 31.7 Å². The van der Waals surface area contributed by atoms with Gasteiger partial charge in [0.2, 0.25) is 5.16 Å². The number of carbonyl (C=O) groups excluding carboxylic acids is 1. The molecule has 3 aromatic rings. The minimum absolute atomic E-state index is 0.111. The van der Waals surface area contributed by atoms with Crippen molar-refractivity contribution in [1.82, 2.24) is 20.2 Å². The van der Waals surface area contributed by atoms with Gasteiger partial charge in [-0.3, -0.25) is 4.79 Å². The van der Waals surface area contributed by atoms with Crippen molar-refractivity contribution in [2.24, 2.45) is 0 Å². The van der Waals surface area contributed by atoms with Crippen LogP contribution in [0.25, 0.3) is 5.69 Å². The van der Waals surface area contributed by atoms with Gasteiger partial charge in [0.25, 0.3) is 0 Å². The maximum absolute atomic E-state index is 12.6. The molecule has 0 saturated carbocycles. The molecule has 2 aromatic carbocycles. The van der Waals surface area contributed by atoms with Gasteiger partial charge in [0.1, 0.15) is 0 Å². The Morgan fingerprint density at radius 2 is 2.00 bits per heavy atom. The van der Waals surface area contributed by atoms with Crippen molar-refractivity contribution in [1.29, 1.82) is 0 Å². The fraction of sp³-hybridized carbons (Fsp3) is 0.300. The first-order valence-electron chi connectivity index (χ1n) is 8.76. The molecule has 4 rings (SSSR count). The molecular weight excluding hydrogens is 344 g/mol. The molecule has 0 spiro atoms. The molecule has 0 fully saturated rings. The number of aromatic nitrogens is 4. The Hall–Kier alpha value is -2.47. The van der Waals surface area contributed by atoms with E-state index in [2.05, 4.69) is 47.6 Å². The predicted octanol–water partition coefficient (Wildman–Crippen LogP) is 3.74. The standard InChI is InChI=1S/C20H20N4OS/c1-13-5-3-8-18(14(13)2)24-20(21-22-23-24)26-12-19(25)17-10-9-15-6-4-7-16(15)11-17/h3,5,8-11H,4,6-7,12H2,1-2H3. The van der Waals surface area contributed by atoms with Crippen molar-refractivity contribution in [3.63, 3.8) is 0 Å². The van der Waals surface area contributed by atoms with Crippen molar-refractivity contribution in [2.75, 3.05) is 5.75 Å². The predicted molar refractivity (Wildman–Crippen MR) is 102 cm³/mol. The summed E-state index contributed by atoms with van der Waals surface area (Å²) in [5.41, 5.74) is 6.75. The minimum Gasteiger partial charge on any atom is -0.293 e. The van der Waals surface area contributed by atoms with Crippen molar-refractivity contribution < 1.29 is 4.79 Å². The van der Waals surface area contributed by atoms with Crippen LogP contribution in [0.3, 0.4) is 0 Å². The lowest BCUT2D eigenvalue weighted by Gasteiger charge is -2.09. The molecule has 0 aliphatic heterocycles. The monoisotopic (exact) mass is 364 g/mol. The third-order valence-corrected chi connectivity index (χ3v) is 5.92. The van der Waals surface area contributed by atoms with E-state index < -0.39 is 0 Å². The molecule has 0 unspecified atom stereocenters. The molecule has 0 atom stereocenters. The van der Waals surface area contributed by atoms with Gasteiger partial charge in [0.15, 0.2) is 5.78 Å². The van der Waals surface area contributed by atoms with E-state index in [1.807, 2.05) is 18.2 Å². The SMILES string of the molecule is Cc1cccc(-n2nnnc2SCC(=O)c2ccc3c(c2)CCC3)c1C. The molecular formula is C20H20N4OS. The number of benzene rings is 2. The van der Waals surface area contributed by atoms with E-state index in [-0.39, 0.29) is 5.78 Å². The summed E-state index contributed by atoms with van der Waals surface area (Å²) in [7, 11) is 0. The Morgan fingerprint density at radius 3 is 2.88 bits per heavy atom. The lowest BCUT2D eigenvalue weighted by Crippen LogP contribution is -2.06. The number of aryl methyl sites for hydroxylation is 3. The molecule has 132 valence electrons. The molecule has 1 aliphatic rings. The van der Waals surface area contributed by atoms with E-state index in [9.17, 15) is 4.79 Å². The molecule has 6 heteroatoms. The van der Waals surface area contributed by atoms with Crippen LogP contribution in [0.5, 0.6) is 0 Å². The zero-order valence-electron chi connectivity index (χ0n) is 14.9. The van der Waals surface area contributed by atoms with Gasteiger partial charge in [-0.2, -0.15) is 4.68 Å². The number of nitrogens with zero attached hydrogens (tertiary/aromatic N) is 4. The van der Waals surface area contributed by atoms with E-state index >= 15 is 0 Å². The number of tetrazole rings is 1. The van der Waals surface area contributed by atoms with Crippen LogP contribution in [0.2, 0.25) is 0 Å². The topological polar surface area (TPSA) is 60.7 Å². The van der Waals surface area contributed by atoms with Gasteiger partial charge in [0.05, 0.1) is 11.4 Å². The third kappa shape index (κ3) is 3.17. The summed E-state index contributed by atoms with van der Waals surface area (Å²) in [4.78, 5) is 12.6. The highest BCUT2D eigenvalue weighted by Crippen LogP contribution is 2.25. The lowest BCUT2D eigenvalue weighted by atomic mass is 10.0. The molecule has 0 bridgehead atoms. The molecule has 1 aliphatic carbocycles. The van der Waals surface area contributed by atoms with Gasteiger partial charge >= 0.3 is 0 Å². The molecule has 0 N–H and O–H groups in total. The fourth-order valence-corrected chi connectivity index (χ4v) is 4.12. The first-order valence-corrected chi connectivity index (χ1v) is 9.75. The first kappa shape index (κ1) is 17.0. The van der Waals surface area contributed by atoms with Gasteiger partial charge in [0, 0.05) is 5.56 Å². The van der Waals surface area contributed by atoms with Crippen LogP contribution in [0.1, 0.15) is 39.0 Å². The second-order valence-electron chi connectivity index (χ2n) is 6.64. The highest BCUT2D eigenvalue weighted by Gasteiger charge is 2.17. The average Bonchev–Trinajstić information content (AvgIpc) is 3.30. The van der Waals surface area contributed by atoms with Crippen LogP contribution < -0.4 is 0 Å². The normalized spacial score (nSPS) is 13.0. The summed E-state index contributed by atoms with van der Waals surface area (Å²) in [6, 6.07) is 12.1. The Kier molecular flexibility index (Phi) is 4.59. The van der Waals surface area contributed by atoms with Gasteiger partial charge in [-0.1, -0.05) is 36.0 Å². The van der Waals surface area contributed by atoms with Crippen LogP contribution in [-0.2, 0) is 12.8 Å². The van der Waals surface area contributed by atoms with Crippen LogP contribution >= 0.6 is 11.8 Å². The molecule has 0 radical (unpaired) electrons. The maximum Gasteiger partial charge on any atom is 0.214 e. The molecule has 1 aromatic heterocycles. The maximum atomic E-state index is 12.6. The zero-order chi connectivity index (χ0) is 18.1. The van der Waals surface area contributed by atoms with Gasteiger partial charge in [-0.15, -0.1) is 5.10 Å². The number of Topliss-reactive ketones (excluding diaryl/α,β-unsaturated/α-hetero) is 1. The Labute approximate surface area is 156 Å². The minimum atomic E-state index is 0.111. The van der Waals surface area contributed by atoms with Crippen LogP contribution in [0.15, 0.2) is 41.6 Å². The van der Waals surface area contributed by atoms with E-state index in [0.717, 1.165) is 29.7 Å². The second kappa shape index (κ2) is 7.03. The van der Waals surface area contributed by atoms with E-state index in [0.29, 0.717) is 10.9 Å². The number of hydrogen-bond donors (Lipinski definition) is 0. The summed E-state index contributed by atoms with van der Waals surface area (Å²) in [6.07, 6.45) is 3.39. The molecule has 5 nitrogen and oxygen atoms in total. The Balaban J connectivity index is 1.52. The first-order chi connectivity index (χ1) is 12.6. The zero-order valence-corrected chi connectivity index (χ0v) is 15.7.